The van der Waals surface area contributed by atoms with E-state index in [1.54, 1.807) is 19.4 Å². The molecule has 2 aromatic carbocycles. The normalized spacial score (nSPS) is 10.1. The summed E-state index contributed by atoms with van der Waals surface area (Å²) in [5.41, 5.74) is 2.61. The molecule has 138 valence electrons. The fourth-order valence-corrected chi connectivity index (χ4v) is 2.52. The number of hydrogen-bond acceptors (Lipinski definition) is 6. The molecule has 3 aromatic rings. The van der Waals surface area contributed by atoms with Crippen LogP contribution in [-0.4, -0.2) is 23.0 Å². The van der Waals surface area contributed by atoms with E-state index in [9.17, 15) is 4.79 Å². The first-order chi connectivity index (χ1) is 13.1. The van der Waals surface area contributed by atoms with Crippen LogP contribution in [0.5, 0.6) is 5.75 Å². The van der Waals surface area contributed by atoms with E-state index in [4.69, 9.17) is 4.74 Å². The van der Waals surface area contributed by atoms with Gasteiger partial charge in [-0.3, -0.25) is 4.79 Å². The second-order valence-corrected chi connectivity index (χ2v) is 5.81. The first-order valence-electron chi connectivity index (χ1n) is 8.47. The Labute approximate surface area is 157 Å². The lowest BCUT2D eigenvalue weighted by molar-refractivity contribution is -0.114. The molecule has 0 spiro atoms. The minimum atomic E-state index is -0.104. The number of nitrogens with zero attached hydrogens (tertiary/aromatic N) is 2. The Morgan fingerprint density at radius 3 is 2.52 bits per heavy atom. The van der Waals surface area contributed by atoms with Crippen molar-refractivity contribution in [3.05, 3.63) is 66.4 Å². The predicted octanol–water partition coefficient (Wildman–Crippen LogP) is 3.80. The molecule has 3 N–H and O–H groups in total. The Kier molecular flexibility index (Phi) is 5.84. The summed E-state index contributed by atoms with van der Waals surface area (Å²) in [5.74, 6) is 1.91. The van der Waals surface area contributed by atoms with Crippen LogP contribution in [-0.2, 0) is 11.3 Å². The zero-order chi connectivity index (χ0) is 19.1. The fourth-order valence-electron chi connectivity index (χ4n) is 2.52. The van der Waals surface area contributed by atoms with Gasteiger partial charge in [-0.15, -0.1) is 0 Å². The van der Waals surface area contributed by atoms with Crippen LogP contribution in [0, 0.1) is 0 Å². The Balaban J connectivity index is 1.64. The first-order valence-corrected chi connectivity index (χ1v) is 8.47. The van der Waals surface area contributed by atoms with Gasteiger partial charge in [-0.1, -0.05) is 18.2 Å². The quantitative estimate of drug-likeness (QED) is 0.592. The summed E-state index contributed by atoms with van der Waals surface area (Å²) in [4.78, 5) is 19.8. The van der Waals surface area contributed by atoms with E-state index >= 15 is 0 Å². The average molecular weight is 363 g/mol. The van der Waals surface area contributed by atoms with Crippen molar-refractivity contribution in [2.24, 2.45) is 0 Å². The van der Waals surface area contributed by atoms with Gasteiger partial charge in [0.15, 0.2) is 0 Å². The maximum Gasteiger partial charge on any atom is 0.229 e. The molecule has 7 nitrogen and oxygen atoms in total. The maximum absolute atomic E-state index is 11.1. The fraction of sp³-hybridized carbons (Fsp3) is 0.150. The number of amides is 1. The number of hydrogen-bond donors (Lipinski definition) is 3. The van der Waals surface area contributed by atoms with Gasteiger partial charge in [0, 0.05) is 36.6 Å². The summed E-state index contributed by atoms with van der Waals surface area (Å²) in [5, 5.41) is 9.15. The van der Waals surface area contributed by atoms with Crippen molar-refractivity contribution in [3.8, 4) is 5.75 Å². The van der Waals surface area contributed by atoms with Crippen LogP contribution in [0.1, 0.15) is 12.5 Å². The maximum atomic E-state index is 11.1. The van der Waals surface area contributed by atoms with Crippen molar-refractivity contribution >= 4 is 29.0 Å². The number of rotatable bonds is 7. The van der Waals surface area contributed by atoms with E-state index in [0.717, 1.165) is 22.7 Å². The van der Waals surface area contributed by atoms with Crippen molar-refractivity contribution in [2.75, 3.05) is 23.1 Å². The summed E-state index contributed by atoms with van der Waals surface area (Å²) in [7, 11) is 1.66. The van der Waals surface area contributed by atoms with Crippen molar-refractivity contribution in [1.29, 1.82) is 0 Å². The van der Waals surface area contributed by atoms with Gasteiger partial charge in [-0.25, -0.2) is 4.98 Å². The standard InChI is InChI=1S/C20H21N5O2/c1-14(26)23-16-7-9-17(10-8-16)24-20-21-12-11-19(25-20)22-13-15-5-3-4-6-18(15)27-2/h3-12H,13H2,1-2H3,(H,23,26)(H2,21,22,24,25). The number of aromatic nitrogens is 2. The van der Waals surface area contributed by atoms with Crippen molar-refractivity contribution < 1.29 is 9.53 Å². The number of nitrogens with one attached hydrogen (secondary N) is 3. The van der Waals surface area contributed by atoms with Gasteiger partial charge in [0.25, 0.3) is 0 Å². The number of carbonyl (C=O) groups excluding carboxylic acids is 1. The van der Waals surface area contributed by atoms with E-state index in [0.29, 0.717) is 18.3 Å². The molecule has 0 saturated carbocycles. The lowest BCUT2D eigenvalue weighted by Gasteiger charge is -2.11. The van der Waals surface area contributed by atoms with Crippen LogP contribution in [0.15, 0.2) is 60.8 Å². The molecule has 0 bridgehead atoms. The number of ether oxygens (including phenoxy) is 1. The van der Waals surface area contributed by atoms with Crippen LogP contribution < -0.4 is 20.7 Å². The summed E-state index contributed by atoms with van der Waals surface area (Å²) < 4.78 is 5.36. The van der Waals surface area contributed by atoms with E-state index in [1.165, 1.54) is 6.92 Å². The van der Waals surface area contributed by atoms with Gasteiger partial charge >= 0.3 is 0 Å². The van der Waals surface area contributed by atoms with Crippen LogP contribution in [0.3, 0.4) is 0 Å². The second-order valence-electron chi connectivity index (χ2n) is 5.81. The third kappa shape index (κ3) is 5.18. The Morgan fingerprint density at radius 2 is 1.78 bits per heavy atom. The molecule has 0 atom stereocenters. The molecule has 7 heteroatoms. The zero-order valence-electron chi connectivity index (χ0n) is 15.2. The van der Waals surface area contributed by atoms with Gasteiger partial charge in [-0.2, -0.15) is 4.98 Å². The van der Waals surface area contributed by atoms with Crippen molar-refractivity contribution in [2.45, 2.75) is 13.5 Å². The second kappa shape index (κ2) is 8.66. The molecule has 0 fully saturated rings. The Morgan fingerprint density at radius 1 is 1.04 bits per heavy atom. The molecule has 1 aromatic heterocycles. The largest absolute Gasteiger partial charge is 0.496 e. The lowest BCUT2D eigenvalue weighted by atomic mass is 10.2. The highest BCUT2D eigenvalue weighted by Gasteiger charge is 2.04. The topological polar surface area (TPSA) is 88.2 Å². The average Bonchev–Trinajstić information content (AvgIpc) is 2.68. The number of anilines is 4. The number of methoxy groups -OCH3 is 1. The minimum Gasteiger partial charge on any atom is -0.496 e. The zero-order valence-corrected chi connectivity index (χ0v) is 15.2. The van der Waals surface area contributed by atoms with E-state index in [-0.39, 0.29) is 5.91 Å². The van der Waals surface area contributed by atoms with E-state index in [1.807, 2.05) is 48.5 Å². The summed E-state index contributed by atoms with van der Waals surface area (Å²) in [6, 6.07) is 17.0. The molecular formula is C20H21N5O2. The van der Waals surface area contributed by atoms with Crippen LogP contribution in [0.2, 0.25) is 0 Å². The molecule has 0 aliphatic heterocycles. The number of benzene rings is 2. The highest BCUT2D eigenvalue weighted by atomic mass is 16.5. The van der Waals surface area contributed by atoms with E-state index in [2.05, 4.69) is 25.9 Å². The number of carbonyl (C=O) groups is 1. The van der Waals surface area contributed by atoms with Crippen molar-refractivity contribution in [3.63, 3.8) is 0 Å². The summed E-state index contributed by atoms with van der Waals surface area (Å²) in [6.45, 7) is 2.06. The van der Waals surface area contributed by atoms with Crippen LogP contribution in [0.25, 0.3) is 0 Å². The van der Waals surface area contributed by atoms with Crippen molar-refractivity contribution in [1.82, 2.24) is 9.97 Å². The minimum absolute atomic E-state index is 0.104. The molecular weight excluding hydrogens is 342 g/mol. The van der Waals surface area contributed by atoms with Gasteiger partial charge in [0.2, 0.25) is 11.9 Å². The molecule has 0 saturated heterocycles. The van der Waals surface area contributed by atoms with E-state index < -0.39 is 0 Å². The highest BCUT2D eigenvalue weighted by molar-refractivity contribution is 5.88. The smallest absolute Gasteiger partial charge is 0.229 e. The molecule has 3 rings (SSSR count). The molecule has 0 radical (unpaired) electrons. The van der Waals surface area contributed by atoms with Gasteiger partial charge < -0.3 is 20.7 Å². The van der Waals surface area contributed by atoms with Gasteiger partial charge in [-0.05, 0) is 36.4 Å². The molecule has 27 heavy (non-hydrogen) atoms. The molecule has 0 unspecified atom stereocenters. The van der Waals surface area contributed by atoms with Gasteiger partial charge in [0.05, 0.1) is 7.11 Å². The third-order valence-electron chi connectivity index (χ3n) is 3.77. The lowest BCUT2D eigenvalue weighted by Crippen LogP contribution is -2.06. The number of para-hydroxylation sites is 1. The molecule has 1 amide bonds. The SMILES string of the molecule is COc1ccccc1CNc1ccnc(Nc2ccc(NC(C)=O)cc2)n1. The molecule has 1 heterocycles. The molecule has 0 aliphatic rings. The highest BCUT2D eigenvalue weighted by Crippen LogP contribution is 2.20. The molecule has 0 aliphatic carbocycles. The third-order valence-corrected chi connectivity index (χ3v) is 3.77. The van der Waals surface area contributed by atoms with Crippen LogP contribution >= 0.6 is 0 Å². The summed E-state index contributed by atoms with van der Waals surface area (Å²) >= 11 is 0. The predicted molar refractivity (Wildman–Crippen MR) is 106 cm³/mol. The first kappa shape index (κ1) is 18.2. The van der Waals surface area contributed by atoms with Crippen LogP contribution in [0.4, 0.5) is 23.1 Å². The monoisotopic (exact) mass is 363 g/mol. The Hall–Kier alpha value is -3.61. The van der Waals surface area contributed by atoms with Gasteiger partial charge in [0.1, 0.15) is 11.6 Å². The Bertz CT molecular complexity index is 912. The summed E-state index contributed by atoms with van der Waals surface area (Å²) in [6.07, 6.45) is 1.69.